The SMILES string of the molecule is NCC(NC(=O)CC1CCC1)C1CC1. The molecule has 3 N–H and O–H groups in total. The molecule has 0 radical (unpaired) electrons. The van der Waals surface area contributed by atoms with Gasteiger partial charge in [0.1, 0.15) is 0 Å². The molecule has 0 saturated heterocycles. The van der Waals surface area contributed by atoms with Gasteiger partial charge in [0.2, 0.25) is 5.91 Å². The van der Waals surface area contributed by atoms with Crippen LogP contribution in [-0.4, -0.2) is 18.5 Å². The van der Waals surface area contributed by atoms with Crippen molar-refractivity contribution in [3.63, 3.8) is 0 Å². The first-order valence-corrected chi connectivity index (χ1v) is 5.79. The highest BCUT2D eigenvalue weighted by atomic mass is 16.1. The molecule has 2 aliphatic rings. The molecule has 14 heavy (non-hydrogen) atoms. The van der Waals surface area contributed by atoms with Crippen LogP contribution in [0.4, 0.5) is 0 Å². The third kappa shape index (κ3) is 2.47. The van der Waals surface area contributed by atoms with Crippen LogP contribution in [-0.2, 0) is 4.79 Å². The molecule has 0 bridgehead atoms. The standard InChI is InChI=1S/C11H20N2O/c12-7-10(9-4-5-9)13-11(14)6-8-2-1-3-8/h8-10H,1-7,12H2,(H,13,14). The van der Waals surface area contributed by atoms with E-state index < -0.39 is 0 Å². The largest absolute Gasteiger partial charge is 0.352 e. The number of amides is 1. The molecule has 0 aromatic carbocycles. The van der Waals surface area contributed by atoms with E-state index in [2.05, 4.69) is 5.32 Å². The highest BCUT2D eigenvalue weighted by Crippen LogP contribution is 2.33. The smallest absolute Gasteiger partial charge is 0.220 e. The van der Waals surface area contributed by atoms with Crippen molar-refractivity contribution in [2.75, 3.05) is 6.54 Å². The van der Waals surface area contributed by atoms with Gasteiger partial charge in [0.05, 0.1) is 0 Å². The molecule has 0 aromatic heterocycles. The average molecular weight is 196 g/mol. The van der Waals surface area contributed by atoms with Crippen LogP contribution < -0.4 is 11.1 Å². The first-order chi connectivity index (χ1) is 6.79. The zero-order valence-electron chi connectivity index (χ0n) is 8.67. The summed E-state index contributed by atoms with van der Waals surface area (Å²) in [5.74, 6) is 1.55. The average Bonchev–Trinajstić information content (AvgIpc) is 2.90. The van der Waals surface area contributed by atoms with Gasteiger partial charge in [-0.2, -0.15) is 0 Å². The molecule has 3 nitrogen and oxygen atoms in total. The predicted octanol–water partition coefficient (Wildman–Crippen LogP) is 1.03. The Labute approximate surface area is 85.4 Å². The second-order valence-electron chi connectivity index (χ2n) is 4.75. The molecule has 1 amide bonds. The lowest BCUT2D eigenvalue weighted by Gasteiger charge is -2.25. The Kier molecular flexibility index (Phi) is 3.06. The molecule has 1 unspecified atom stereocenters. The van der Waals surface area contributed by atoms with E-state index in [1.807, 2.05) is 0 Å². The summed E-state index contributed by atoms with van der Waals surface area (Å²) in [7, 11) is 0. The highest BCUT2D eigenvalue weighted by molar-refractivity contribution is 5.76. The maximum atomic E-state index is 11.6. The fourth-order valence-electron chi connectivity index (χ4n) is 2.09. The van der Waals surface area contributed by atoms with Gasteiger partial charge in [0.15, 0.2) is 0 Å². The lowest BCUT2D eigenvalue weighted by atomic mass is 9.83. The summed E-state index contributed by atoms with van der Waals surface area (Å²) in [5, 5.41) is 3.06. The summed E-state index contributed by atoms with van der Waals surface area (Å²) >= 11 is 0. The van der Waals surface area contributed by atoms with Crippen molar-refractivity contribution in [1.29, 1.82) is 0 Å². The van der Waals surface area contributed by atoms with Crippen molar-refractivity contribution in [1.82, 2.24) is 5.32 Å². The lowest BCUT2D eigenvalue weighted by Crippen LogP contribution is -2.42. The van der Waals surface area contributed by atoms with Crippen LogP contribution in [0, 0.1) is 11.8 Å². The van der Waals surface area contributed by atoms with Crippen LogP contribution in [0.1, 0.15) is 38.5 Å². The molecule has 2 aliphatic carbocycles. The number of rotatable bonds is 5. The molecule has 0 heterocycles. The van der Waals surface area contributed by atoms with Gasteiger partial charge >= 0.3 is 0 Å². The van der Waals surface area contributed by atoms with Gasteiger partial charge < -0.3 is 11.1 Å². The topological polar surface area (TPSA) is 55.1 Å². The zero-order chi connectivity index (χ0) is 9.97. The van der Waals surface area contributed by atoms with Crippen LogP contribution in [0.2, 0.25) is 0 Å². The minimum atomic E-state index is 0.219. The maximum absolute atomic E-state index is 11.6. The summed E-state index contributed by atoms with van der Waals surface area (Å²) < 4.78 is 0. The number of nitrogens with one attached hydrogen (secondary N) is 1. The summed E-state index contributed by atoms with van der Waals surface area (Å²) in [6.45, 7) is 0.598. The third-order valence-electron chi connectivity index (χ3n) is 3.49. The normalized spacial score (nSPS) is 24.1. The van der Waals surface area contributed by atoms with Crippen molar-refractivity contribution < 1.29 is 4.79 Å². The summed E-state index contributed by atoms with van der Waals surface area (Å²) in [4.78, 5) is 11.6. The van der Waals surface area contributed by atoms with E-state index in [9.17, 15) is 4.79 Å². The summed E-state index contributed by atoms with van der Waals surface area (Å²) in [5.41, 5.74) is 5.62. The molecule has 2 rings (SSSR count). The van der Waals surface area contributed by atoms with Gasteiger partial charge in [-0.15, -0.1) is 0 Å². The van der Waals surface area contributed by atoms with Crippen molar-refractivity contribution in [2.45, 2.75) is 44.6 Å². The highest BCUT2D eigenvalue weighted by Gasteiger charge is 2.31. The Hall–Kier alpha value is -0.570. The third-order valence-corrected chi connectivity index (χ3v) is 3.49. The van der Waals surface area contributed by atoms with E-state index >= 15 is 0 Å². The second kappa shape index (κ2) is 4.30. The minimum Gasteiger partial charge on any atom is -0.352 e. The molecule has 0 aromatic rings. The van der Waals surface area contributed by atoms with Crippen LogP contribution in [0.3, 0.4) is 0 Å². The molecule has 80 valence electrons. The first kappa shape index (κ1) is 9.97. The first-order valence-electron chi connectivity index (χ1n) is 5.79. The van der Waals surface area contributed by atoms with E-state index in [1.165, 1.54) is 32.1 Å². The Balaban J connectivity index is 1.68. The fraction of sp³-hybridized carbons (Fsp3) is 0.909. The number of carbonyl (C=O) groups is 1. The van der Waals surface area contributed by atoms with Crippen LogP contribution >= 0.6 is 0 Å². The van der Waals surface area contributed by atoms with Crippen molar-refractivity contribution >= 4 is 5.91 Å². The molecular formula is C11H20N2O. The molecule has 2 saturated carbocycles. The summed E-state index contributed by atoms with van der Waals surface area (Å²) in [6.07, 6.45) is 7.00. The fourth-order valence-corrected chi connectivity index (χ4v) is 2.09. The Morgan fingerprint density at radius 2 is 2.07 bits per heavy atom. The second-order valence-corrected chi connectivity index (χ2v) is 4.75. The monoisotopic (exact) mass is 196 g/mol. The zero-order valence-corrected chi connectivity index (χ0v) is 8.67. The van der Waals surface area contributed by atoms with Crippen LogP contribution in [0.5, 0.6) is 0 Å². The maximum Gasteiger partial charge on any atom is 0.220 e. The van der Waals surface area contributed by atoms with Gasteiger partial charge in [-0.1, -0.05) is 6.42 Å². The van der Waals surface area contributed by atoms with Crippen molar-refractivity contribution in [2.24, 2.45) is 17.6 Å². The van der Waals surface area contributed by atoms with E-state index in [0.29, 0.717) is 18.4 Å². The van der Waals surface area contributed by atoms with Crippen LogP contribution in [0.15, 0.2) is 0 Å². The van der Waals surface area contributed by atoms with Gasteiger partial charge in [-0.05, 0) is 37.5 Å². The van der Waals surface area contributed by atoms with E-state index in [0.717, 1.165) is 6.42 Å². The van der Waals surface area contributed by atoms with Gasteiger partial charge in [-0.3, -0.25) is 4.79 Å². The Morgan fingerprint density at radius 3 is 2.50 bits per heavy atom. The lowest BCUT2D eigenvalue weighted by molar-refractivity contribution is -0.123. The molecule has 2 fully saturated rings. The molecule has 1 atom stereocenters. The molecule has 0 spiro atoms. The van der Waals surface area contributed by atoms with Crippen molar-refractivity contribution in [3.8, 4) is 0 Å². The van der Waals surface area contributed by atoms with E-state index in [4.69, 9.17) is 5.73 Å². The van der Waals surface area contributed by atoms with Gasteiger partial charge in [0, 0.05) is 19.0 Å². The van der Waals surface area contributed by atoms with Gasteiger partial charge in [-0.25, -0.2) is 0 Å². The van der Waals surface area contributed by atoms with Crippen LogP contribution in [0.25, 0.3) is 0 Å². The number of nitrogens with two attached hydrogens (primary N) is 1. The van der Waals surface area contributed by atoms with E-state index in [1.54, 1.807) is 0 Å². The minimum absolute atomic E-state index is 0.219. The predicted molar refractivity (Wildman–Crippen MR) is 55.7 cm³/mol. The molecule has 3 heteroatoms. The molecule has 0 aliphatic heterocycles. The van der Waals surface area contributed by atoms with Crippen molar-refractivity contribution in [3.05, 3.63) is 0 Å². The number of carbonyl (C=O) groups excluding carboxylic acids is 1. The Bertz CT molecular complexity index is 209. The molecular weight excluding hydrogens is 176 g/mol. The van der Waals surface area contributed by atoms with Gasteiger partial charge in [0.25, 0.3) is 0 Å². The number of hydrogen-bond acceptors (Lipinski definition) is 2. The number of hydrogen-bond donors (Lipinski definition) is 2. The quantitative estimate of drug-likeness (QED) is 0.690. The summed E-state index contributed by atoms with van der Waals surface area (Å²) in [6, 6.07) is 0.252. The van der Waals surface area contributed by atoms with E-state index in [-0.39, 0.29) is 11.9 Å². The Morgan fingerprint density at radius 1 is 1.36 bits per heavy atom.